The summed E-state index contributed by atoms with van der Waals surface area (Å²) >= 11 is 0. The van der Waals surface area contributed by atoms with E-state index in [4.69, 9.17) is 9.15 Å². The van der Waals surface area contributed by atoms with Crippen LogP contribution in [0.5, 0.6) is 0 Å². The Hall–Kier alpha value is -2.61. The number of piperazine rings is 1. The van der Waals surface area contributed by atoms with E-state index < -0.39 is 0 Å². The first kappa shape index (κ1) is 22.6. The van der Waals surface area contributed by atoms with Crippen LogP contribution in [0.3, 0.4) is 0 Å². The number of fused-ring (bicyclic) bond motifs is 1. The number of carbonyl (C=O) groups excluding carboxylic acids is 2. The molecule has 2 aromatic rings. The van der Waals surface area contributed by atoms with Crippen molar-refractivity contribution in [3.63, 3.8) is 0 Å². The molecule has 0 bridgehead atoms. The minimum atomic E-state index is -0.0687. The summed E-state index contributed by atoms with van der Waals surface area (Å²) in [5, 5.41) is 3.10. The number of hydrogen-bond donors (Lipinski definition) is 1. The predicted molar refractivity (Wildman–Crippen MR) is 121 cm³/mol. The lowest BCUT2D eigenvalue weighted by Gasteiger charge is -2.34. The number of carbonyl (C=O) groups is 2. The molecule has 8 heteroatoms. The lowest BCUT2D eigenvalue weighted by Crippen LogP contribution is -2.52. The molecule has 32 heavy (non-hydrogen) atoms. The maximum Gasteiger partial charge on any atom is 0.317 e. The van der Waals surface area contributed by atoms with Crippen molar-refractivity contribution in [3.8, 4) is 0 Å². The second-order valence-corrected chi connectivity index (χ2v) is 9.00. The zero-order valence-corrected chi connectivity index (χ0v) is 19.1. The summed E-state index contributed by atoms with van der Waals surface area (Å²) in [6.45, 7) is 8.66. The molecule has 1 saturated carbocycles. The van der Waals surface area contributed by atoms with Gasteiger partial charge in [0.25, 0.3) is 0 Å². The van der Waals surface area contributed by atoms with Crippen LogP contribution < -0.4 is 5.32 Å². The number of benzene rings is 1. The number of rotatable bonds is 6. The van der Waals surface area contributed by atoms with Crippen molar-refractivity contribution in [2.45, 2.75) is 46.1 Å². The standard InChI is InChI=1S/C24H34N4O4/c1-3-31-23(29)19-7-5-18(6-8-19)15-25-24(30)28-12-10-27(11-13-28)16-22-26-20-14-17(2)4-9-21(20)32-22/h4,9,14,18-19H,3,5-8,10-13,15-16H2,1-2H3,(H,25,30). The average Bonchev–Trinajstić information content (AvgIpc) is 3.19. The normalized spacial score (nSPS) is 22.1. The maximum absolute atomic E-state index is 12.6. The Morgan fingerprint density at radius 3 is 2.62 bits per heavy atom. The number of amides is 2. The lowest BCUT2D eigenvalue weighted by atomic mass is 9.82. The van der Waals surface area contributed by atoms with Crippen LogP contribution in [0.15, 0.2) is 22.6 Å². The van der Waals surface area contributed by atoms with E-state index in [1.807, 2.05) is 36.9 Å². The molecule has 0 radical (unpaired) electrons. The molecule has 2 fully saturated rings. The van der Waals surface area contributed by atoms with Crippen molar-refractivity contribution < 1.29 is 18.7 Å². The van der Waals surface area contributed by atoms with Crippen molar-refractivity contribution in [2.75, 3.05) is 39.3 Å². The fourth-order valence-electron chi connectivity index (χ4n) is 4.66. The maximum atomic E-state index is 12.6. The van der Waals surface area contributed by atoms with E-state index in [2.05, 4.69) is 15.2 Å². The topological polar surface area (TPSA) is 87.9 Å². The molecule has 1 saturated heterocycles. The smallest absolute Gasteiger partial charge is 0.317 e. The average molecular weight is 443 g/mol. The molecule has 0 spiro atoms. The monoisotopic (exact) mass is 442 g/mol. The highest BCUT2D eigenvalue weighted by atomic mass is 16.5. The number of nitrogens with zero attached hydrogens (tertiary/aromatic N) is 3. The Morgan fingerprint density at radius 1 is 1.16 bits per heavy atom. The molecule has 1 aliphatic heterocycles. The van der Waals surface area contributed by atoms with Crippen molar-refractivity contribution >= 4 is 23.1 Å². The van der Waals surface area contributed by atoms with Crippen LogP contribution >= 0.6 is 0 Å². The SMILES string of the molecule is CCOC(=O)C1CCC(CNC(=O)N2CCN(Cc3nc4cc(C)ccc4o3)CC2)CC1. The minimum Gasteiger partial charge on any atom is -0.466 e. The molecule has 2 heterocycles. The fourth-order valence-corrected chi connectivity index (χ4v) is 4.66. The van der Waals surface area contributed by atoms with Gasteiger partial charge < -0.3 is 19.4 Å². The number of nitrogens with one attached hydrogen (secondary N) is 1. The molecule has 1 N–H and O–H groups in total. The highest BCUT2D eigenvalue weighted by Crippen LogP contribution is 2.29. The quantitative estimate of drug-likeness (QED) is 0.691. The molecule has 0 unspecified atom stereocenters. The molecular formula is C24H34N4O4. The van der Waals surface area contributed by atoms with Gasteiger partial charge in [-0.1, -0.05) is 6.07 Å². The van der Waals surface area contributed by atoms with Crippen molar-refractivity contribution in [1.82, 2.24) is 20.1 Å². The van der Waals surface area contributed by atoms with Crippen LogP contribution in [0.4, 0.5) is 4.79 Å². The van der Waals surface area contributed by atoms with Gasteiger partial charge in [-0.2, -0.15) is 0 Å². The van der Waals surface area contributed by atoms with Gasteiger partial charge >= 0.3 is 12.0 Å². The number of aryl methyl sites for hydroxylation is 1. The minimum absolute atomic E-state index is 0.00880. The van der Waals surface area contributed by atoms with Gasteiger partial charge in [0.05, 0.1) is 19.1 Å². The Kier molecular flexibility index (Phi) is 7.29. The Balaban J connectivity index is 1.16. The number of aromatic nitrogens is 1. The number of esters is 1. The van der Waals surface area contributed by atoms with Gasteiger partial charge in [0.15, 0.2) is 5.58 Å². The zero-order chi connectivity index (χ0) is 22.5. The van der Waals surface area contributed by atoms with Crippen LogP contribution in [0.2, 0.25) is 0 Å². The summed E-state index contributed by atoms with van der Waals surface area (Å²) in [5.74, 6) is 1.12. The van der Waals surface area contributed by atoms with E-state index in [9.17, 15) is 9.59 Å². The molecular weight excluding hydrogens is 408 g/mol. The summed E-state index contributed by atoms with van der Waals surface area (Å²) in [5.41, 5.74) is 2.89. The summed E-state index contributed by atoms with van der Waals surface area (Å²) in [4.78, 5) is 33.2. The number of ether oxygens (including phenoxy) is 1. The van der Waals surface area contributed by atoms with Crippen molar-refractivity contribution in [2.24, 2.45) is 11.8 Å². The van der Waals surface area contributed by atoms with Crippen LogP contribution in [0.25, 0.3) is 11.1 Å². The zero-order valence-electron chi connectivity index (χ0n) is 19.1. The largest absolute Gasteiger partial charge is 0.466 e. The van der Waals surface area contributed by atoms with Crippen LogP contribution in [0, 0.1) is 18.8 Å². The summed E-state index contributed by atoms with van der Waals surface area (Å²) in [7, 11) is 0. The first-order valence-corrected chi connectivity index (χ1v) is 11.8. The van der Waals surface area contributed by atoms with Gasteiger partial charge in [-0.25, -0.2) is 9.78 Å². The Labute approximate surface area is 189 Å². The molecule has 4 rings (SSSR count). The Morgan fingerprint density at radius 2 is 1.91 bits per heavy atom. The molecule has 1 aromatic heterocycles. The van der Waals surface area contributed by atoms with E-state index in [1.54, 1.807) is 0 Å². The lowest BCUT2D eigenvalue weighted by molar-refractivity contribution is -0.149. The van der Waals surface area contributed by atoms with Crippen LogP contribution in [-0.4, -0.2) is 66.1 Å². The summed E-state index contributed by atoms with van der Waals surface area (Å²) in [6.07, 6.45) is 3.63. The summed E-state index contributed by atoms with van der Waals surface area (Å²) < 4.78 is 11.0. The predicted octanol–water partition coefficient (Wildman–Crippen LogP) is 3.33. The van der Waals surface area contributed by atoms with Gasteiger partial charge in [-0.05, 0) is 63.1 Å². The molecule has 2 aliphatic rings. The van der Waals surface area contributed by atoms with Crippen LogP contribution in [-0.2, 0) is 16.1 Å². The molecule has 1 aromatic carbocycles. The molecule has 1 aliphatic carbocycles. The van der Waals surface area contributed by atoms with Gasteiger partial charge in [0, 0.05) is 32.7 Å². The highest BCUT2D eigenvalue weighted by molar-refractivity contribution is 5.74. The van der Waals surface area contributed by atoms with Gasteiger partial charge in [0.1, 0.15) is 5.52 Å². The molecule has 2 amide bonds. The third kappa shape index (κ3) is 5.59. The third-order valence-electron chi connectivity index (χ3n) is 6.61. The second kappa shape index (κ2) is 10.3. The van der Waals surface area contributed by atoms with Gasteiger partial charge in [0.2, 0.25) is 5.89 Å². The van der Waals surface area contributed by atoms with Crippen molar-refractivity contribution in [1.29, 1.82) is 0 Å². The van der Waals surface area contributed by atoms with Gasteiger partial charge in [-0.3, -0.25) is 9.69 Å². The molecule has 0 atom stereocenters. The third-order valence-corrected chi connectivity index (χ3v) is 6.61. The molecule has 174 valence electrons. The first-order valence-electron chi connectivity index (χ1n) is 11.8. The van der Waals surface area contributed by atoms with Gasteiger partial charge in [-0.15, -0.1) is 0 Å². The van der Waals surface area contributed by atoms with E-state index in [1.165, 1.54) is 5.56 Å². The number of hydrogen-bond acceptors (Lipinski definition) is 6. The second-order valence-electron chi connectivity index (χ2n) is 9.00. The highest BCUT2D eigenvalue weighted by Gasteiger charge is 2.28. The fraction of sp³-hybridized carbons (Fsp3) is 0.625. The van der Waals surface area contributed by atoms with Crippen molar-refractivity contribution in [3.05, 3.63) is 29.7 Å². The first-order chi connectivity index (χ1) is 15.5. The van der Waals surface area contributed by atoms with E-state index in [0.29, 0.717) is 38.7 Å². The van der Waals surface area contributed by atoms with E-state index in [-0.39, 0.29) is 17.9 Å². The summed E-state index contributed by atoms with van der Waals surface area (Å²) in [6, 6.07) is 6.04. The Bertz CT molecular complexity index is 927. The molecule has 8 nitrogen and oxygen atoms in total. The van der Waals surface area contributed by atoms with E-state index in [0.717, 1.165) is 55.8 Å². The number of oxazole rings is 1. The number of urea groups is 1. The van der Waals surface area contributed by atoms with E-state index >= 15 is 0 Å². The van der Waals surface area contributed by atoms with Crippen LogP contribution in [0.1, 0.15) is 44.1 Å².